The maximum absolute atomic E-state index is 11.2. The first-order valence-electron chi connectivity index (χ1n) is 6.78. The van der Waals surface area contributed by atoms with Crippen LogP contribution in [0.3, 0.4) is 0 Å². The van der Waals surface area contributed by atoms with Gasteiger partial charge in [0.25, 0.3) is 0 Å². The number of carboxylic acid groups (broad SMARTS) is 1. The monoisotopic (exact) mass is 263 g/mol. The molecule has 0 spiro atoms. The molecule has 0 saturated heterocycles. The van der Waals surface area contributed by atoms with Crippen molar-refractivity contribution in [2.24, 2.45) is 0 Å². The van der Waals surface area contributed by atoms with Crippen LogP contribution in [0.15, 0.2) is 24.3 Å². The normalized spacial score (nSPS) is 13.6. The lowest BCUT2D eigenvalue weighted by Gasteiger charge is -2.20. The average Bonchev–Trinajstić information content (AvgIpc) is 2.27. The van der Waals surface area contributed by atoms with Gasteiger partial charge in [-0.25, -0.2) is 0 Å². The Labute approximate surface area is 116 Å². The summed E-state index contributed by atoms with van der Waals surface area (Å²) in [5.41, 5.74) is 2.44. The molecule has 0 heterocycles. The Morgan fingerprint density at radius 3 is 2.11 bits per heavy atom. The number of hydrogen-bond acceptors (Lipinski definition) is 2. The van der Waals surface area contributed by atoms with Crippen molar-refractivity contribution in [2.75, 3.05) is 0 Å². The number of nitrogens with one attached hydrogen (secondary N) is 1. The molecule has 0 fully saturated rings. The molecule has 2 N–H and O–H groups in total. The molecule has 3 nitrogen and oxygen atoms in total. The quantitative estimate of drug-likeness (QED) is 0.858. The van der Waals surface area contributed by atoms with Crippen molar-refractivity contribution in [3.05, 3.63) is 35.4 Å². The lowest BCUT2D eigenvalue weighted by atomic mass is 9.86. The number of aliphatic carboxylic acids is 1. The van der Waals surface area contributed by atoms with E-state index in [1.54, 1.807) is 0 Å². The van der Waals surface area contributed by atoms with E-state index >= 15 is 0 Å². The standard InChI is InChI=1S/C16H25NO2/c1-11(2)17-14(15(18)19)10-12-6-8-13(9-7-12)16(3,4)5/h6-9,11,14,17H,10H2,1-5H3,(H,18,19). The molecule has 0 bridgehead atoms. The number of benzene rings is 1. The van der Waals surface area contributed by atoms with E-state index < -0.39 is 12.0 Å². The smallest absolute Gasteiger partial charge is 0.321 e. The zero-order valence-electron chi connectivity index (χ0n) is 12.5. The van der Waals surface area contributed by atoms with Gasteiger partial charge in [-0.15, -0.1) is 0 Å². The third kappa shape index (κ3) is 5.03. The summed E-state index contributed by atoms with van der Waals surface area (Å²) < 4.78 is 0. The Bertz CT molecular complexity index is 415. The fourth-order valence-corrected chi connectivity index (χ4v) is 2.00. The van der Waals surface area contributed by atoms with Gasteiger partial charge < -0.3 is 10.4 Å². The summed E-state index contributed by atoms with van der Waals surface area (Å²) >= 11 is 0. The van der Waals surface area contributed by atoms with E-state index in [2.05, 4.69) is 38.2 Å². The molecular formula is C16H25NO2. The molecule has 1 aromatic carbocycles. The molecule has 19 heavy (non-hydrogen) atoms. The third-order valence-electron chi connectivity index (χ3n) is 3.09. The van der Waals surface area contributed by atoms with E-state index in [4.69, 9.17) is 0 Å². The van der Waals surface area contributed by atoms with Gasteiger partial charge in [0.1, 0.15) is 6.04 Å². The van der Waals surface area contributed by atoms with Crippen LogP contribution in [0, 0.1) is 0 Å². The summed E-state index contributed by atoms with van der Waals surface area (Å²) in [6, 6.07) is 7.86. The Hall–Kier alpha value is -1.35. The van der Waals surface area contributed by atoms with Gasteiger partial charge in [-0.2, -0.15) is 0 Å². The molecule has 1 atom stereocenters. The van der Waals surface area contributed by atoms with Gasteiger partial charge in [0.15, 0.2) is 0 Å². The van der Waals surface area contributed by atoms with Crippen molar-refractivity contribution in [3.8, 4) is 0 Å². The van der Waals surface area contributed by atoms with Crippen LogP contribution in [0.4, 0.5) is 0 Å². The highest BCUT2D eigenvalue weighted by atomic mass is 16.4. The first-order valence-corrected chi connectivity index (χ1v) is 6.78. The van der Waals surface area contributed by atoms with Crippen LogP contribution < -0.4 is 5.32 Å². The summed E-state index contributed by atoms with van der Waals surface area (Å²) in [5.74, 6) is -0.798. The van der Waals surface area contributed by atoms with Gasteiger partial charge in [0.2, 0.25) is 0 Å². The lowest BCUT2D eigenvalue weighted by molar-refractivity contribution is -0.139. The van der Waals surface area contributed by atoms with Crippen LogP contribution in [-0.4, -0.2) is 23.2 Å². The van der Waals surface area contributed by atoms with E-state index in [-0.39, 0.29) is 11.5 Å². The molecule has 1 unspecified atom stereocenters. The summed E-state index contributed by atoms with van der Waals surface area (Å²) in [5, 5.41) is 12.3. The van der Waals surface area contributed by atoms with Gasteiger partial charge >= 0.3 is 5.97 Å². The Balaban J connectivity index is 2.78. The topological polar surface area (TPSA) is 49.3 Å². The van der Waals surface area contributed by atoms with Crippen LogP contribution in [0.2, 0.25) is 0 Å². The zero-order chi connectivity index (χ0) is 14.6. The van der Waals surface area contributed by atoms with Gasteiger partial charge in [-0.1, -0.05) is 58.9 Å². The molecule has 0 aromatic heterocycles. The minimum Gasteiger partial charge on any atom is -0.480 e. The lowest BCUT2D eigenvalue weighted by Crippen LogP contribution is -2.42. The van der Waals surface area contributed by atoms with Crippen molar-refractivity contribution in [1.29, 1.82) is 0 Å². The van der Waals surface area contributed by atoms with Crippen molar-refractivity contribution in [3.63, 3.8) is 0 Å². The maximum atomic E-state index is 11.2. The van der Waals surface area contributed by atoms with Crippen molar-refractivity contribution in [2.45, 2.75) is 58.5 Å². The fraction of sp³-hybridized carbons (Fsp3) is 0.562. The molecule has 1 rings (SSSR count). The van der Waals surface area contributed by atoms with Gasteiger partial charge in [0, 0.05) is 6.04 Å². The van der Waals surface area contributed by atoms with Gasteiger partial charge in [-0.3, -0.25) is 4.79 Å². The predicted molar refractivity (Wildman–Crippen MR) is 78.5 cm³/mol. The SMILES string of the molecule is CC(C)NC(Cc1ccc(C(C)(C)C)cc1)C(=O)O. The highest BCUT2D eigenvalue weighted by Gasteiger charge is 2.19. The molecule has 1 aromatic rings. The summed E-state index contributed by atoms with van der Waals surface area (Å²) in [7, 11) is 0. The summed E-state index contributed by atoms with van der Waals surface area (Å²) in [4.78, 5) is 11.2. The molecule has 0 aliphatic heterocycles. The van der Waals surface area contributed by atoms with Crippen LogP contribution in [-0.2, 0) is 16.6 Å². The maximum Gasteiger partial charge on any atom is 0.321 e. The molecule has 0 radical (unpaired) electrons. The highest BCUT2D eigenvalue weighted by Crippen LogP contribution is 2.22. The molecule has 3 heteroatoms. The summed E-state index contributed by atoms with van der Waals surface area (Å²) in [6.45, 7) is 10.4. The largest absolute Gasteiger partial charge is 0.480 e. The van der Waals surface area contributed by atoms with E-state index in [9.17, 15) is 9.90 Å². The van der Waals surface area contributed by atoms with E-state index in [0.717, 1.165) is 5.56 Å². The van der Waals surface area contributed by atoms with Gasteiger partial charge in [0.05, 0.1) is 0 Å². The van der Waals surface area contributed by atoms with E-state index in [1.165, 1.54) is 5.56 Å². The van der Waals surface area contributed by atoms with E-state index in [0.29, 0.717) is 6.42 Å². The second kappa shape index (κ2) is 6.20. The van der Waals surface area contributed by atoms with Crippen LogP contribution in [0.25, 0.3) is 0 Å². The average molecular weight is 263 g/mol. The molecular weight excluding hydrogens is 238 g/mol. The molecule has 0 aliphatic rings. The van der Waals surface area contributed by atoms with Crippen molar-refractivity contribution < 1.29 is 9.90 Å². The number of rotatable bonds is 5. The molecule has 106 valence electrons. The molecule has 0 amide bonds. The van der Waals surface area contributed by atoms with Crippen molar-refractivity contribution >= 4 is 5.97 Å². The predicted octanol–water partition coefficient (Wildman–Crippen LogP) is 2.98. The Morgan fingerprint density at radius 2 is 1.74 bits per heavy atom. The van der Waals surface area contributed by atoms with Crippen LogP contribution in [0.1, 0.15) is 45.7 Å². The Morgan fingerprint density at radius 1 is 1.21 bits per heavy atom. The number of hydrogen-bond donors (Lipinski definition) is 2. The molecule has 0 saturated carbocycles. The zero-order valence-corrected chi connectivity index (χ0v) is 12.5. The first kappa shape index (κ1) is 15.7. The number of carboxylic acids is 1. The van der Waals surface area contributed by atoms with E-state index in [1.807, 2.05) is 26.0 Å². The van der Waals surface area contributed by atoms with Crippen LogP contribution in [0.5, 0.6) is 0 Å². The molecule has 0 aliphatic carbocycles. The fourth-order valence-electron chi connectivity index (χ4n) is 2.00. The highest BCUT2D eigenvalue weighted by molar-refractivity contribution is 5.74. The number of carbonyl (C=O) groups is 1. The minimum absolute atomic E-state index is 0.126. The second-order valence-corrected chi connectivity index (χ2v) is 6.36. The first-order chi connectivity index (χ1) is 8.70. The minimum atomic E-state index is -0.798. The summed E-state index contributed by atoms with van der Waals surface area (Å²) in [6.07, 6.45) is 0.512. The second-order valence-electron chi connectivity index (χ2n) is 6.36. The van der Waals surface area contributed by atoms with Crippen LogP contribution >= 0.6 is 0 Å². The van der Waals surface area contributed by atoms with Gasteiger partial charge in [-0.05, 0) is 23.0 Å². The Kier molecular flexibility index (Phi) is 5.12. The third-order valence-corrected chi connectivity index (χ3v) is 3.09. The van der Waals surface area contributed by atoms with Crippen molar-refractivity contribution in [1.82, 2.24) is 5.32 Å².